The first kappa shape index (κ1) is 18.8. The molecular weight excluding hydrogens is 397 g/mol. The molecule has 0 amide bonds. The van der Waals surface area contributed by atoms with Crippen molar-refractivity contribution in [2.45, 2.75) is 44.7 Å². The van der Waals surface area contributed by atoms with Crippen LogP contribution in [0.3, 0.4) is 0 Å². The quantitative estimate of drug-likeness (QED) is 0.523. The number of aromatic amines is 2. The van der Waals surface area contributed by atoms with E-state index in [0.29, 0.717) is 23.1 Å². The van der Waals surface area contributed by atoms with Gasteiger partial charge in [0.15, 0.2) is 0 Å². The minimum absolute atomic E-state index is 0.147. The highest BCUT2D eigenvalue weighted by Gasteiger charge is 2.36. The van der Waals surface area contributed by atoms with Crippen molar-refractivity contribution in [2.24, 2.45) is 5.92 Å². The van der Waals surface area contributed by atoms with E-state index >= 15 is 0 Å². The Morgan fingerprint density at radius 2 is 1.93 bits per heavy atom. The van der Waals surface area contributed by atoms with E-state index in [0.717, 1.165) is 12.0 Å². The molecule has 0 aliphatic heterocycles. The molecule has 4 aromatic rings. The van der Waals surface area contributed by atoms with Crippen LogP contribution in [0.5, 0.6) is 0 Å². The zero-order valence-corrected chi connectivity index (χ0v) is 15.9. The lowest BCUT2D eigenvalue weighted by molar-refractivity contribution is -0.144. The van der Waals surface area contributed by atoms with Gasteiger partial charge in [-0.05, 0) is 17.9 Å². The number of H-pyrrole nitrogens is 2. The SMILES string of the molecule is FC(F)(F)c1nc(-c2nc3ncc(CC4CCCCC4)cn3c2-c2cnc[nH]2)n[nH]1. The third-order valence-corrected chi connectivity index (χ3v) is 5.50. The Labute approximate surface area is 169 Å². The van der Waals surface area contributed by atoms with Gasteiger partial charge < -0.3 is 4.98 Å². The number of alkyl halides is 3. The van der Waals surface area contributed by atoms with E-state index in [4.69, 9.17) is 0 Å². The Bertz CT molecular complexity index is 1150. The summed E-state index contributed by atoms with van der Waals surface area (Å²) in [7, 11) is 0. The first-order chi connectivity index (χ1) is 14.5. The molecule has 0 saturated heterocycles. The standard InChI is InChI=1S/C19H19F3N8/c20-19(21,22)17-27-16(28-29-17)14-15(13-8-23-10-25-13)30-9-12(7-24-18(30)26-14)6-11-4-2-1-3-5-11/h7-11H,1-6H2,(H,23,25)(H,27,28,29). The van der Waals surface area contributed by atoms with Gasteiger partial charge in [0.2, 0.25) is 17.4 Å². The second-order valence-electron chi connectivity index (χ2n) is 7.62. The largest absolute Gasteiger partial charge is 0.451 e. The van der Waals surface area contributed by atoms with E-state index in [2.05, 4.69) is 30.0 Å². The zero-order chi connectivity index (χ0) is 20.7. The molecule has 11 heteroatoms. The fraction of sp³-hybridized carbons (Fsp3) is 0.421. The maximum absolute atomic E-state index is 13.0. The molecule has 8 nitrogen and oxygen atoms in total. The van der Waals surface area contributed by atoms with Crippen LogP contribution in [0.1, 0.15) is 43.5 Å². The van der Waals surface area contributed by atoms with Gasteiger partial charge in [-0.3, -0.25) is 9.50 Å². The van der Waals surface area contributed by atoms with Crippen LogP contribution in [0.15, 0.2) is 24.9 Å². The van der Waals surface area contributed by atoms with Crippen LogP contribution in [0.2, 0.25) is 0 Å². The molecule has 1 saturated carbocycles. The van der Waals surface area contributed by atoms with Crippen molar-refractivity contribution >= 4 is 5.78 Å². The summed E-state index contributed by atoms with van der Waals surface area (Å²) in [6.45, 7) is 0. The third-order valence-electron chi connectivity index (χ3n) is 5.50. The van der Waals surface area contributed by atoms with E-state index in [1.807, 2.05) is 11.3 Å². The highest BCUT2D eigenvalue weighted by Crippen LogP contribution is 2.33. The van der Waals surface area contributed by atoms with Crippen LogP contribution in [0.4, 0.5) is 13.2 Å². The molecule has 1 aliphatic rings. The number of rotatable bonds is 4. The molecule has 0 bridgehead atoms. The minimum Gasteiger partial charge on any atom is -0.343 e. The number of halogens is 3. The Morgan fingerprint density at radius 1 is 1.10 bits per heavy atom. The number of imidazole rings is 2. The number of hydrogen-bond acceptors (Lipinski definition) is 5. The van der Waals surface area contributed by atoms with Crippen LogP contribution in [0, 0.1) is 5.92 Å². The summed E-state index contributed by atoms with van der Waals surface area (Å²) in [4.78, 5) is 19.5. The molecule has 0 atom stereocenters. The molecule has 1 fully saturated rings. The van der Waals surface area contributed by atoms with Crippen LogP contribution in [-0.2, 0) is 12.6 Å². The fourth-order valence-electron chi connectivity index (χ4n) is 4.10. The van der Waals surface area contributed by atoms with Gasteiger partial charge in [0.05, 0.1) is 18.2 Å². The van der Waals surface area contributed by atoms with Crippen LogP contribution in [0.25, 0.3) is 28.7 Å². The Hall–Kier alpha value is -3.24. The van der Waals surface area contributed by atoms with Gasteiger partial charge in [0, 0.05) is 12.4 Å². The first-order valence-electron chi connectivity index (χ1n) is 9.85. The molecule has 1 aliphatic carbocycles. The van der Waals surface area contributed by atoms with E-state index in [9.17, 15) is 13.2 Å². The molecule has 5 rings (SSSR count). The van der Waals surface area contributed by atoms with E-state index in [1.165, 1.54) is 38.4 Å². The van der Waals surface area contributed by atoms with Gasteiger partial charge in [-0.1, -0.05) is 32.1 Å². The van der Waals surface area contributed by atoms with Crippen molar-refractivity contribution in [3.05, 3.63) is 36.3 Å². The summed E-state index contributed by atoms with van der Waals surface area (Å²) in [6, 6.07) is 0. The smallest absolute Gasteiger partial charge is 0.343 e. The van der Waals surface area contributed by atoms with Crippen molar-refractivity contribution in [1.82, 2.24) is 39.5 Å². The second-order valence-corrected chi connectivity index (χ2v) is 7.62. The lowest BCUT2D eigenvalue weighted by Crippen LogP contribution is -2.10. The Morgan fingerprint density at radius 3 is 2.63 bits per heavy atom. The molecule has 156 valence electrons. The van der Waals surface area contributed by atoms with Gasteiger partial charge in [-0.25, -0.2) is 19.9 Å². The molecule has 0 radical (unpaired) electrons. The number of nitrogens with zero attached hydrogens (tertiary/aromatic N) is 6. The summed E-state index contributed by atoms with van der Waals surface area (Å²) in [5.74, 6) is -0.332. The van der Waals surface area contributed by atoms with Crippen LogP contribution in [-0.4, -0.2) is 39.5 Å². The summed E-state index contributed by atoms with van der Waals surface area (Å²) < 4.78 is 40.7. The second kappa shape index (κ2) is 7.22. The van der Waals surface area contributed by atoms with Crippen molar-refractivity contribution < 1.29 is 13.2 Å². The Balaban J connectivity index is 1.60. The lowest BCUT2D eigenvalue weighted by Gasteiger charge is -2.21. The van der Waals surface area contributed by atoms with Crippen molar-refractivity contribution in [3.63, 3.8) is 0 Å². The van der Waals surface area contributed by atoms with E-state index < -0.39 is 12.0 Å². The van der Waals surface area contributed by atoms with Crippen molar-refractivity contribution in [2.75, 3.05) is 0 Å². The average molecular weight is 416 g/mol. The maximum atomic E-state index is 13.0. The molecule has 0 unspecified atom stereocenters. The minimum atomic E-state index is -4.62. The fourth-order valence-corrected chi connectivity index (χ4v) is 4.10. The van der Waals surface area contributed by atoms with Crippen LogP contribution < -0.4 is 0 Å². The lowest BCUT2D eigenvalue weighted by atomic mass is 9.85. The topological polar surface area (TPSA) is 100 Å². The average Bonchev–Trinajstić information content (AvgIpc) is 3.46. The van der Waals surface area contributed by atoms with E-state index in [1.54, 1.807) is 16.8 Å². The predicted octanol–water partition coefficient (Wildman–Crippen LogP) is 4.05. The van der Waals surface area contributed by atoms with E-state index in [-0.39, 0.29) is 11.5 Å². The highest BCUT2D eigenvalue weighted by molar-refractivity contribution is 5.76. The molecule has 30 heavy (non-hydrogen) atoms. The van der Waals surface area contributed by atoms with Crippen LogP contribution >= 0.6 is 0 Å². The number of fused-ring (bicyclic) bond motifs is 1. The summed E-state index contributed by atoms with van der Waals surface area (Å²) >= 11 is 0. The molecule has 2 N–H and O–H groups in total. The Kier molecular flexibility index (Phi) is 4.52. The first-order valence-corrected chi connectivity index (χ1v) is 9.85. The summed E-state index contributed by atoms with van der Waals surface area (Å²) in [5.41, 5.74) is 2.37. The molecular formula is C19H19F3N8. The van der Waals surface area contributed by atoms with Gasteiger partial charge in [-0.2, -0.15) is 18.3 Å². The number of nitrogens with one attached hydrogen (secondary N) is 2. The molecule has 4 aromatic heterocycles. The molecule has 0 spiro atoms. The van der Waals surface area contributed by atoms with Gasteiger partial charge in [0.1, 0.15) is 11.4 Å². The predicted molar refractivity (Wildman–Crippen MR) is 101 cm³/mol. The number of aromatic nitrogens is 8. The zero-order valence-electron chi connectivity index (χ0n) is 15.9. The number of hydrogen-bond donors (Lipinski definition) is 2. The van der Waals surface area contributed by atoms with Crippen molar-refractivity contribution in [3.8, 4) is 22.9 Å². The van der Waals surface area contributed by atoms with Gasteiger partial charge in [-0.15, -0.1) is 0 Å². The van der Waals surface area contributed by atoms with Gasteiger partial charge in [0.25, 0.3) is 0 Å². The maximum Gasteiger partial charge on any atom is 0.451 e. The monoisotopic (exact) mass is 416 g/mol. The van der Waals surface area contributed by atoms with Gasteiger partial charge >= 0.3 is 6.18 Å². The summed E-state index contributed by atoms with van der Waals surface area (Å²) in [5, 5.41) is 5.69. The summed E-state index contributed by atoms with van der Waals surface area (Å²) in [6.07, 6.45) is 9.31. The molecule has 0 aromatic carbocycles. The highest BCUT2D eigenvalue weighted by atomic mass is 19.4. The van der Waals surface area contributed by atoms with Crippen molar-refractivity contribution in [1.29, 1.82) is 0 Å². The molecule has 4 heterocycles. The normalized spacial score (nSPS) is 15.8. The third kappa shape index (κ3) is 3.44.